The van der Waals surface area contributed by atoms with E-state index in [2.05, 4.69) is 15.3 Å². The van der Waals surface area contributed by atoms with Crippen molar-refractivity contribution in [2.45, 2.75) is 5.75 Å². The SMILES string of the molecule is CN=C(NCCSCc1ncccc1Cl)SC. The Labute approximate surface area is 116 Å². The van der Waals surface area contributed by atoms with Crippen molar-refractivity contribution in [3.8, 4) is 0 Å². The Morgan fingerprint density at radius 3 is 3.06 bits per heavy atom. The molecule has 0 saturated heterocycles. The molecule has 0 aliphatic carbocycles. The molecule has 0 radical (unpaired) electrons. The number of aliphatic imine (C=N–C) groups is 1. The molecule has 1 heterocycles. The van der Waals surface area contributed by atoms with Crippen LogP contribution in [0.1, 0.15) is 5.69 Å². The number of thioether (sulfide) groups is 2. The third-order valence-corrected chi connectivity index (χ3v) is 4.02. The standard InChI is InChI=1S/C11H16ClN3S2/c1-13-11(16-2)15-6-7-17-8-10-9(12)4-3-5-14-10/h3-5H,6-8H2,1-2H3,(H,13,15). The fourth-order valence-corrected chi connectivity index (χ4v) is 2.68. The Morgan fingerprint density at radius 1 is 1.59 bits per heavy atom. The summed E-state index contributed by atoms with van der Waals surface area (Å²) in [6, 6.07) is 3.72. The van der Waals surface area contributed by atoms with Gasteiger partial charge in [-0.05, 0) is 18.4 Å². The summed E-state index contributed by atoms with van der Waals surface area (Å²) in [6.07, 6.45) is 3.78. The summed E-state index contributed by atoms with van der Waals surface area (Å²) in [7, 11) is 1.79. The van der Waals surface area contributed by atoms with Crippen LogP contribution in [-0.4, -0.2) is 35.8 Å². The molecule has 0 spiro atoms. The van der Waals surface area contributed by atoms with Crippen LogP contribution in [0.4, 0.5) is 0 Å². The van der Waals surface area contributed by atoms with Gasteiger partial charge in [0, 0.05) is 31.3 Å². The summed E-state index contributed by atoms with van der Waals surface area (Å²) in [5.74, 6) is 1.85. The lowest BCUT2D eigenvalue weighted by Crippen LogP contribution is -2.22. The highest BCUT2D eigenvalue weighted by Crippen LogP contribution is 2.17. The van der Waals surface area contributed by atoms with Crippen molar-refractivity contribution < 1.29 is 0 Å². The van der Waals surface area contributed by atoms with Crippen molar-refractivity contribution in [3.05, 3.63) is 29.0 Å². The molecule has 0 aliphatic rings. The van der Waals surface area contributed by atoms with E-state index in [1.807, 2.05) is 30.2 Å². The van der Waals surface area contributed by atoms with Gasteiger partial charge in [-0.15, -0.1) is 0 Å². The van der Waals surface area contributed by atoms with E-state index >= 15 is 0 Å². The lowest BCUT2D eigenvalue weighted by molar-refractivity contribution is 0.987. The molecule has 0 aliphatic heterocycles. The average Bonchev–Trinajstić information content (AvgIpc) is 2.36. The topological polar surface area (TPSA) is 37.3 Å². The Kier molecular flexibility index (Phi) is 7.48. The molecule has 6 heteroatoms. The highest BCUT2D eigenvalue weighted by Gasteiger charge is 2.00. The average molecular weight is 290 g/mol. The zero-order valence-electron chi connectivity index (χ0n) is 9.94. The molecule has 1 aromatic rings. The van der Waals surface area contributed by atoms with Gasteiger partial charge in [0.25, 0.3) is 0 Å². The first-order valence-electron chi connectivity index (χ1n) is 5.19. The van der Waals surface area contributed by atoms with Gasteiger partial charge in [-0.2, -0.15) is 11.8 Å². The number of hydrogen-bond acceptors (Lipinski definition) is 4. The van der Waals surface area contributed by atoms with Gasteiger partial charge in [-0.3, -0.25) is 9.98 Å². The van der Waals surface area contributed by atoms with Gasteiger partial charge in [0.15, 0.2) is 5.17 Å². The van der Waals surface area contributed by atoms with E-state index in [9.17, 15) is 0 Å². The van der Waals surface area contributed by atoms with E-state index in [0.29, 0.717) is 0 Å². The summed E-state index contributed by atoms with van der Waals surface area (Å²) >= 11 is 9.45. The number of hydrogen-bond donors (Lipinski definition) is 1. The normalized spacial score (nSPS) is 11.6. The number of aromatic nitrogens is 1. The van der Waals surface area contributed by atoms with Crippen molar-refractivity contribution in [2.75, 3.05) is 25.6 Å². The third kappa shape index (κ3) is 5.66. The van der Waals surface area contributed by atoms with E-state index in [-0.39, 0.29) is 0 Å². The van der Waals surface area contributed by atoms with Crippen molar-refractivity contribution in [1.82, 2.24) is 10.3 Å². The van der Waals surface area contributed by atoms with Crippen LogP contribution in [0.25, 0.3) is 0 Å². The molecule has 1 aromatic heterocycles. The van der Waals surface area contributed by atoms with Crippen molar-refractivity contribution in [1.29, 1.82) is 0 Å². The lowest BCUT2D eigenvalue weighted by atomic mass is 10.4. The van der Waals surface area contributed by atoms with Crippen LogP contribution >= 0.6 is 35.1 Å². The molecule has 3 nitrogen and oxygen atoms in total. The van der Waals surface area contributed by atoms with Gasteiger partial charge in [0.1, 0.15) is 0 Å². The predicted octanol–water partition coefficient (Wildman–Crippen LogP) is 2.91. The van der Waals surface area contributed by atoms with Gasteiger partial charge in [0.2, 0.25) is 0 Å². The molecule has 0 unspecified atom stereocenters. The minimum absolute atomic E-state index is 0.743. The molecular weight excluding hydrogens is 274 g/mol. The van der Waals surface area contributed by atoms with Gasteiger partial charge in [-0.1, -0.05) is 23.4 Å². The van der Waals surface area contributed by atoms with Crippen LogP contribution < -0.4 is 5.32 Å². The maximum Gasteiger partial charge on any atom is 0.156 e. The molecule has 0 bridgehead atoms. The first-order chi connectivity index (χ1) is 8.27. The van der Waals surface area contributed by atoms with E-state index in [0.717, 1.165) is 33.9 Å². The number of amidine groups is 1. The van der Waals surface area contributed by atoms with E-state index in [1.54, 1.807) is 25.0 Å². The molecule has 0 atom stereocenters. The first-order valence-corrected chi connectivity index (χ1v) is 7.95. The largest absolute Gasteiger partial charge is 0.364 e. The molecule has 1 rings (SSSR count). The maximum atomic E-state index is 6.02. The number of halogens is 1. The monoisotopic (exact) mass is 289 g/mol. The molecule has 0 amide bonds. The van der Waals surface area contributed by atoms with Gasteiger partial charge in [-0.25, -0.2) is 0 Å². The Bertz CT molecular complexity index is 371. The Balaban J connectivity index is 2.19. The zero-order chi connectivity index (χ0) is 12.5. The molecular formula is C11H16ClN3S2. The zero-order valence-corrected chi connectivity index (χ0v) is 12.3. The minimum Gasteiger partial charge on any atom is -0.364 e. The van der Waals surface area contributed by atoms with Crippen molar-refractivity contribution in [2.24, 2.45) is 4.99 Å². The van der Waals surface area contributed by atoms with E-state index < -0.39 is 0 Å². The molecule has 1 N–H and O–H groups in total. The number of rotatable bonds is 5. The number of pyridine rings is 1. The van der Waals surface area contributed by atoms with Crippen LogP contribution in [0.3, 0.4) is 0 Å². The smallest absolute Gasteiger partial charge is 0.156 e. The molecule has 17 heavy (non-hydrogen) atoms. The quantitative estimate of drug-likeness (QED) is 0.514. The second-order valence-electron chi connectivity index (χ2n) is 3.14. The van der Waals surface area contributed by atoms with Gasteiger partial charge < -0.3 is 5.32 Å². The van der Waals surface area contributed by atoms with Crippen LogP contribution in [-0.2, 0) is 5.75 Å². The van der Waals surface area contributed by atoms with Crippen LogP contribution in [0.5, 0.6) is 0 Å². The second kappa shape index (κ2) is 8.66. The van der Waals surface area contributed by atoms with Crippen molar-refractivity contribution >= 4 is 40.3 Å². The molecule has 0 fully saturated rings. The summed E-state index contributed by atoms with van der Waals surface area (Å²) in [5.41, 5.74) is 0.952. The van der Waals surface area contributed by atoms with Gasteiger partial charge >= 0.3 is 0 Å². The fourth-order valence-electron chi connectivity index (χ4n) is 1.17. The Morgan fingerprint density at radius 2 is 2.41 bits per heavy atom. The van der Waals surface area contributed by atoms with Crippen LogP contribution in [0.2, 0.25) is 5.02 Å². The summed E-state index contributed by atoms with van der Waals surface area (Å²) in [4.78, 5) is 8.34. The minimum atomic E-state index is 0.743. The molecule has 94 valence electrons. The summed E-state index contributed by atoms with van der Waals surface area (Å²) in [6.45, 7) is 0.905. The lowest BCUT2D eigenvalue weighted by Gasteiger charge is -2.06. The number of nitrogens with zero attached hydrogens (tertiary/aromatic N) is 2. The Hall–Kier alpha value is -0.390. The first kappa shape index (κ1) is 14.7. The molecule has 0 saturated carbocycles. The fraction of sp³-hybridized carbons (Fsp3) is 0.455. The number of nitrogens with one attached hydrogen (secondary N) is 1. The second-order valence-corrected chi connectivity index (χ2v) is 5.45. The summed E-state index contributed by atoms with van der Waals surface area (Å²) < 4.78 is 0. The summed E-state index contributed by atoms with van der Waals surface area (Å²) in [5, 5.41) is 4.98. The predicted molar refractivity (Wildman–Crippen MR) is 80.3 cm³/mol. The van der Waals surface area contributed by atoms with Crippen molar-refractivity contribution in [3.63, 3.8) is 0 Å². The third-order valence-electron chi connectivity index (χ3n) is 1.99. The maximum absolute atomic E-state index is 6.02. The van der Waals surface area contributed by atoms with E-state index in [4.69, 9.17) is 11.6 Å². The van der Waals surface area contributed by atoms with E-state index in [1.165, 1.54) is 0 Å². The highest BCUT2D eigenvalue weighted by molar-refractivity contribution is 8.13. The van der Waals surface area contributed by atoms with Crippen LogP contribution in [0.15, 0.2) is 23.3 Å². The van der Waals surface area contributed by atoms with Gasteiger partial charge in [0.05, 0.1) is 10.7 Å². The molecule has 0 aromatic carbocycles. The van der Waals surface area contributed by atoms with Crippen LogP contribution in [0, 0.1) is 0 Å². The highest BCUT2D eigenvalue weighted by atomic mass is 35.5.